The van der Waals surface area contributed by atoms with Crippen molar-refractivity contribution < 1.29 is 31.5 Å². The molecule has 0 aromatic carbocycles. The maximum atomic E-state index is 12.3. The second-order valence-corrected chi connectivity index (χ2v) is 3.80. The van der Waals surface area contributed by atoms with Crippen LogP contribution in [0.3, 0.4) is 0 Å². The number of hydrogen-bond acceptors (Lipinski definition) is 3. The Hall–Kier alpha value is -1.00. The van der Waals surface area contributed by atoms with Gasteiger partial charge in [0.2, 0.25) is 5.88 Å². The summed E-state index contributed by atoms with van der Waals surface area (Å²) in [7, 11) is 0. The molecule has 1 aromatic heterocycles. The molecule has 17 heavy (non-hydrogen) atoms. The van der Waals surface area contributed by atoms with Gasteiger partial charge in [-0.15, -0.1) is 13.2 Å². The molecule has 9 heteroatoms. The van der Waals surface area contributed by atoms with E-state index in [9.17, 15) is 26.7 Å². The Morgan fingerprint density at radius 3 is 2.41 bits per heavy atom. The predicted molar refractivity (Wildman–Crippen MR) is 54.0 cm³/mol. The van der Waals surface area contributed by atoms with Crippen molar-refractivity contribution in [1.82, 2.24) is 4.98 Å². The maximum Gasteiger partial charge on any atom is 0.574 e. The van der Waals surface area contributed by atoms with Gasteiger partial charge in [-0.3, -0.25) is 4.79 Å². The normalized spacial score (nSPS) is 11.7. The number of ether oxygens (including phenoxy) is 1. The molecule has 0 bridgehead atoms. The molecule has 0 aliphatic carbocycles. The van der Waals surface area contributed by atoms with Crippen LogP contribution in [0.1, 0.15) is 22.5 Å². The van der Waals surface area contributed by atoms with Crippen LogP contribution in [0.4, 0.5) is 22.0 Å². The zero-order chi connectivity index (χ0) is 13.2. The van der Waals surface area contributed by atoms with Crippen molar-refractivity contribution in [2.45, 2.75) is 12.8 Å². The molecule has 0 radical (unpaired) electrons. The Morgan fingerprint density at radius 2 is 2.00 bits per heavy atom. The van der Waals surface area contributed by atoms with Crippen LogP contribution >= 0.6 is 22.6 Å². The molecule has 94 valence electrons. The van der Waals surface area contributed by atoms with Gasteiger partial charge in [0.15, 0.2) is 6.29 Å². The topological polar surface area (TPSA) is 39.2 Å². The molecule has 0 saturated carbocycles. The molecule has 1 heterocycles. The standard InChI is InChI=1S/C8H3F5INO2/c9-6(10)4-1-3(2-16)5(14)7(15-4)17-8(11,12)13/h1-2,6H. The van der Waals surface area contributed by atoms with Gasteiger partial charge in [-0.05, 0) is 28.7 Å². The molecule has 0 saturated heterocycles. The van der Waals surface area contributed by atoms with Gasteiger partial charge in [0, 0.05) is 5.56 Å². The van der Waals surface area contributed by atoms with E-state index < -0.39 is 24.4 Å². The fourth-order valence-electron chi connectivity index (χ4n) is 0.920. The first-order chi connectivity index (χ1) is 7.74. The first kappa shape index (κ1) is 14.1. The molecule has 0 amide bonds. The minimum atomic E-state index is -5.06. The van der Waals surface area contributed by atoms with Crippen molar-refractivity contribution in [3.05, 3.63) is 20.9 Å². The van der Waals surface area contributed by atoms with Gasteiger partial charge in [0.25, 0.3) is 6.43 Å². The van der Waals surface area contributed by atoms with Crippen LogP contribution in [0.15, 0.2) is 6.07 Å². The Kier molecular flexibility index (Phi) is 4.22. The van der Waals surface area contributed by atoms with E-state index in [1.807, 2.05) is 0 Å². The van der Waals surface area contributed by atoms with Crippen LogP contribution < -0.4 is 4.74 Å². The molecular formula is C8H3F5INO2. The summed E-state index contributed by atoms with van der Waals surface area (Å²) in [4.78, 5) is 13.5. The molecule has 0 spiro atoms. The van der Waals surface area contributed by atoms with Crippen LogP contribution in [-0.4, -0.2) is 17.6 Å². The lowest BCUT2D eigenvalue weighted by Crippen LogP contribution is -2.19. The number of halogens is 6. The Balaban J connectivity index is 3.27. The summed E-state index contributed by atoms with van der Waals surface area (Å²) < 4.78 is 63.6. The SMILES string of the molecule is O=Cc1cc(C(F)F)nc(OC(F)(F)F)c1I. The molecule has 1 rings (SSSR count). The van der Waals surface area contributed by atoms with E-state index in [1.165, 1.54) is 22.6 Å². The number of carbonyl (C=O) groups is 1. The predicted octanol–water partition coefficient (Wildman–Crippen LogP) is 3.33. The summed E-state index contributed by atoms with van der Waals surface area (Å²) in [5.41, 5.74) is -1.29. The zero-order valence-corrected chi connectivity index (χ0v) is 9.92. The summed E-state index contributed by atoms with van der Waals surface area (Å²) >= 11 is 1.36. The molecule has 0 N–H and O–H groups in total. The zero-order valence-electron chi connectivity index (χ0n) is 7.76. The first-order valence-electron chi connectivity index (χ1n) is 3.94. The van der Waals surface area contributed by atoms with Crippen LogP contribution in [0.25, 0.3) is 0 Å². The van der Waals surface area contributed by atoms with Crippen molar-refractivity contribution in [2.24, 2.45) is 0 Å². The number of carbonyl (C=O) groups excluding carboxylic acids is 1. The highest BCUT2D eigenvalue weighted by Gasteiger charge is 2.33. The van der Waals surface area contributed by atoms with Crippen LogP contribution in [0.2, 0.25) is 0 Å². The van der Waals surface area contributed by atoms with Gasteiger partial charge in [0.1, 0.15) is 5.69 Å². The smallest absolute Gasteiger partial charge is 0.387 e. The number of alkyl halides is 5. The van der Waals surface area contributed by atoms with Crippen molar-refractivity contribution in [3.63, 3.8) is 0 Å². The number of nitrogens with zero attached hydrogens (tertiary/aromatic N) is 1. The third kappa shape index (κ3) is 3.75. The van der Waals surface area contributed by atoms with Crippen LogP contribution in [0.5, 0.6) is 5.88 Å². The lowest BCUT2D eigenvalue weighted by molar-refractivity contribution is -0.276. The summed E-state index contributed by atoms with van der Waals surface area (Å²) in [5.74, 6) is -1.06. The number of pyridine rings is 1. The van der Waals surface area contributed by atoms with E-state index >= 15 is 0 Å². The molecule has 3 nitrogen and oxygen atoms in total. The largest absolute Gasteiger partial charge is 0.574 e. The van der Waals surface area contributed by atoms with E-state index in [1.54, 1.807) is 0 Å². The van der Waals surface area contributed by atoms with Gasteiger partial charge in [-0.25, -0.2) is 13.8 Å². The maximum absolute atomic E-state index is 12.3. The van der Waals surface area contributed by atoms with Crippen LogP contribution in [-0.2, 0) is 0 Å². The fourth-order valence-corrected chi connectivity index (χ4v) is 1.43. The average Bonchev–Trinajstić information content (AvgIpc) is 2.18. The van der Waals surface area contributed by atoms with Gasteiger partial charge < -0.3 is 4.74 Å². The highest BCUT2D eigenvalue weighted by Crippen LogP contribution is 2.30. The monoisotopic (exact) mass is 367 g/mol. The van der Waals surface area contributed by atoms with E-state index in [0.717, 1.165) is 0 Å². The van der Waals surface area contributed by atoms with E-state index in [2.05, 4.69) is 9.72 Å². The second kappa shape index (κ2) is 5.10. The van der Waals surface area contributed by atoms with Gasteiger partial charge in [0.05, 0.1) is 3.57 Å². The first-order valence-corrected chi connectivity index (χ1v) is 5.02. The number of aldehydes is 1. The summed E-state index contributed by atoms with van der Waals surface area (Å²) in [5, 5.41) is 0. The minimum Gasteiger partial charge on any atom is -0.387 e. The Labute approximate surface area is 105 Å². The fraction of sp³-hybridized carbons (Fsp3) is 0.250. The number of rotatable bonds is 3. The quantitative estimate of drug-likeness (QED) is 0.468. The molecular weight excluding hydrogens is 364 g/mol. The average molecular weight is 367 g/mol. The number of hydrogen-bond donors (Lipinski definition) is 0. The lowest BCUT2D eigenvalue weighted by Gasteiger charge is -2.12. The molecule has 0 unspecified atom stereocenters. The van der Waals surface area contributed by atoms with E-state index in [-0.39, 0.29) is 15.4 Å². The van der Waals surface area contributed by atoms with Crippen LogP contribution in [0, 0.1) is 3.57 Å². The van der Waals surface area contributed by atoms with Gasteiger partial charge in [-0.1, -0.05) is 0 Å². The highest BCUT2D eigenvalue weighted by atomic mass is 127. The Bertz CT molecular complexity index is 435. The van der Waals surface area contributed by atoms with Crippen molar-refractivity contribution in [1.29, 1.82) is 0 Å². The molecule has 1 aromatic rings. The molecule has 0 fully saturated rings. The highest BCUT2D eigenvalue weighted by molar-refractivity contribution is 14.1. The van der Waals surface area contributed by atoms with Gasteiger partial charge in [-0.2, -0.15) is 0 Å². The van der Waals surface area contributed by atoms with Crippen molar-refractivity contribution in [2.75, 3.05) is 0 Å². The van der Waals surface area contributed by atoms with E-state index in [4.69, 9.17) is 0 Å². The minimum absolute atomic E-state index is 0.151. The van der Waals surface area contributed by atoms with E-state index in [0.29, 0.717) is 6.07 Å². The van der Waals surface area contributed by atoms with Crippen molar-refractivity contribution in [3.8, 4) is 5.88 Å². The third-order valence-corrected chi connectivity index (χ3v) is 2.62. The molecule has 0 aliphatic heterocycles. The summed E-state index contributed by atoms with van der Waals surface area (Å²) in [6.45, 7) is 0. The second-order valence-electron chi connectivity index (χ2n) is 2.72. The lowest BCUT2D eigenvalue weighted by atomic mass is 10.2. The van der Waals surface area contributed by atoms with Gasteiger partial charge >= 0.3 is 6.36 Å². The summed E-state index contributed by atoms with van der Waals surface area (Å²) in [6, 6.07) is 0.711. The third-order valence-electron chi connectivity index (χ3n) is 1.54. The Morgan fingerprint density at radius 1 is 1.41 bits per heavy atom. The van der Waals surface area contributed by atoms with Crippen molar-refractivity contribution >= 4 is 28.9 Å². The summed E-state index contributed by atoms with van der Waals surface area (Å²) in [6.07, 6.45) is -8.01. The number of aromatic nitrogens is 1. The molecule has 0 atom stereocenters. The molecule has 0 aliphatic rings.